The zero-order valence-corrected chi connectivity index (χ0v) is 18.7. The van der Waals surface area contributed by atoms with Gasteiger partial charge in [-0.2, -0.15) is 4.98 Å². The molecule has 0 bridgehead atoms. The van der Waals surface area contributed by atoms with Crippen molar-refractivity contribution >= 4 is 17.2 Å². The van der Waals surface area contributed by atoms with Crippen LogP contribution in [0.3, 0.4) is 0 Å². The quantitative estimate of drug-likeness (QED) is 0.523. The van der Waals surface area contributed by atoms with Gasteiger partial charge in [0.05, 0.1) is 50.6 Å². The SMILES string of the molecule is C=C1/C(=C(\N=C(C)N2CCOCC2)c2cnc(OC)nc2OC)CCN1c1cccnc1. The molecule has 0 radical (unpaired) electrons. The summed E-state index contributed by atoms with van der Waals surface area (Å²) in [5.41, 5.74) is 4.35. The maximum Gasteiger partial charge on any atom is 0.319 e. The van der Waals surface area contributed by atoms with Crippen LogP contribution in [0.1, 0.15) is 18.9 Å². The number of nitrogens with zero attached hydrogens (tertiary/aromatic N) is 6. The summed E-state index contributed by atoms with van der Waals surface area (Å²) >= 11 is 0. The summed E-state index contributed by atoms with van der Waals surface area (Å²) in [7, 11) is 3.11. The van der Waals surface area contributed by atoms with Gasteiger partial charge >= 0.3 is 6.01 Å². The van der Waals surface area contributed by atoms with E-state index in [1.165, 1.54) is 7.11 Å². The number of anilines is 1. The average Bonchev–Trinajstić information content (AvgIpc) is 3.24. The first-order valence-corrected chi connectivity index (χ1v) is 10.6. The van der Waals surface area contributed by atoms with Gasteiger partial charge in [0, 0.05) is 43.3 Å². The van der Waals surface area contributed by atoms with Crippen molar-refractivity contribution in [3.63, 3.8) is 0 Å². The highest BCUT2D eigenvalue weighted by molar-refractivity contribution is 5.89. The Balaban J connectivity index is 1.80. The van der Waals surface area contributed by atoms with E-state index in [0.717, 1.165) is 54.5 Å². The Kier molecular flexibility index (Phi) is 6.65. The predicted octanol–water partition coefficient (Wildman–Crippen LogP) is 2.77. The number of methoxy groups -OCH3 is 2. The molecule has 168 valence electrons. The fraction of sp³-hybridized carbons (Fsp3) is 0.391. The zero-order chi connectivity index (χ0) is 22.5. The van der Waals surface area contributed by atoms with Crippen molar-refractivity contribution in [3.05, 3.63) is 54.1 Å². The topological polar surface area (TPSA) is 85.2 Å². The van der Waals surface area contributed by atoms with Crippen LogP contribution in [0.15, 0.2) is 53.6 Å². The van der Waals surface area contributed by atoms with Crippen LogP contribution in [0.25, 0.3) is 5.70 Å². The van der Waals surface area contributed by atoms with Gasteiger partial charge in [-0.1, -0.05) is 6.58 Å². The first-order chi connectivity index (χ1) is 15.6. The molecule has 0 amide bonds. The van der Waals surface area contributed by atoms with E-state index in [1.807, 2.05) is 25.3 Å². The molecule has 2 aliphatic heterocycles. The highest BCUT2D eigenvalue weighted by atomic mass is 16.5. The van der Waals surface area contributed by atoms with Gasteiger partial charge in [0.15, 0.2) is 0 Å². The van der Waals surface area contributed by atoms with Crippen molar-refractivity contribution in [1.29, 1.82) is 0 Å². The molecule has 2 fully saturated rings. The molecule has 2 aromatic rings. The van der Waals surface area contributed by atoms with Crippen molar-refractivity contribution in [2.45, 2.75) is 13.3 Å². The molecule has 0 aliphatic carbocycles. The standard InChI is InChI=1S/C23H28N6O3/c1-16-19(7-9-29(16)18-6-5-8-24-14-18)21(26-17(2)28-10-12-32-13-11-28)20-15-25-23(31-4)27-22(20)30-3/h5-6,8,14-15H,1,7,9-13H2,2-4H3/b21-19-,26-17?. The van der Waals surface area contributed by atoms with E-state index in [2.05, 4.69) is 31.3 Å². The number of morpholine rings is 1. The van der Waals surface area contributed by atoms with Gasteiger partial charge in [0.25, 0.3) is 0 Å². The van der Waals surface area contributed by atoms with E-state index in [4.69, 9.17) is 19.2 Å². The van der Waals surface area contributed by atoms with Crippen molar-refractivity contribution in [3.8, 4) is 11.9 Å². The number of aromatic nitrogens is 3. The fourth-order valence-electron chi connectivity index (χ4n) is 3.90. The number of aliphatic imine (C=N–C) groups is 1. The number of allylic oxidation sites excluding steroid dienone is 1. The molecule has 9 nitrogen and oxygen atoms in total. The summed E-state index contributed by atoms with van der Waals surface area (Å²) in [4.78, 5) is 22.4. The molecule has 0 saturated carbocycles. The maximum atomic E-state index is 5.58. The number of hydrogen-bond acceptors (Lipinski definition) is 8. The second-order valence-corrected chi connectivity index (χ2v) is 7.42. The van der Waals surface area contributed by atoms with Gasteiger partial charge in [-0.15, -0.1) is 0 Å². The molecule has 32 heavy (non-hydrogen) atoms. The number of pyridine rings is 1. The molecule has 0 aromatic carbocycles. The lowest BCUT2D eigenvalue weighted by molar-refractivity contribution is 0.0678. The third kappa shape index (κ3) is 4.43. The molecule has 2 saturated heterocycles. The number of rotatable bonds is 5. The molecule has 0 N–H and O–H groups in total. The third-order valence-electron chi connectivity index (χ3n) is 5.61. The van der Waals surface area contributed by atoms with Gasteiger partial charge < -0.3 is 24.0 Å². The summed E-state index contributed by atoms with van der Waals surface area (Å²) in [5, 5.41) is 0. The fourth-order valence-corrected chi connectivity index (χ4v) is 3.90. The minimum atomic E-state index is 0.242. The molecule has 4 rings (SSSR count). The Bertz CT molecular complexity index is 1030. The maximum absolute atomic E-state index is 5.58. The van der Waals surface area contributed by atoms with E-state index in [1.54, 1.807) is 19.5 Å². The van der Waals surface area contributed by atoms with E-state index >= 15 is 0 Å². The molecule has 9 heteroatoms. The van der Waals surface area contributed by atoms with Crippen LogP contribution >= 0.6 is 0 Å². The molecule has 2 aliphatic rings. The minimum absolute atomic E-state index is 0.242. The van der Waals surface area contributed by atoms with Crippen molar-refractivity contribution in [1.82, 2.24) is 19.9 Å². The lowest BCUT2D eigenvalue weighted by Crippen LogP contribution is -2.39. The molecule has 4 heterocycles. The van der Waals surface area contributed by atoms with E-state index in [0.29, 0.717) is 24.7 Å². The van der Waals surface area contributed by atoms with Gasteiger partial charge in [0.2, 0.25) is 5.88 Å². The lowest BCUT2D eigenvalue weighted by Gasteiger charge is -2.28. The summed E-state index contributed by atoms with van der Waals surface area (Å²) in [6, 6.07) is 4.19. The Hall–Kier alpha value is -3.46. The number of amidine groups is 1. The summed E-state index contributed by atoms with van der Waals surface area (Å²) < 4.78 is 16.3. The number of hydrogen-bond donors (Lipinski definition) is 0. The average molecular weight is 437 g/mol. The highest BCUT2D eigenvalue weighted by Gasteiger charge is 2.28. The third-order valence-corrected chi connectivity index (χ3v) is 5.61. The molecule has 0 unspecified atom stereocenters. The van der Waals surface area contributed by atoms with E-state index in [9.17, 15) is 0 Å². The second-order valence-electron chi connectivity index (χ2n) is 7.42. The first-order valence-electron chi connectivity index (χ1n) is 10.6. The summed E-state index contributed by atoms with van der Waals surface area (Å²) in [6.07, 6.45) is 6.08. The molecular weight excluding hydrogens is 408 g/mol. The molecular formula is C23H28N6O3. The van der Waals surface area contributed by atoms with E-state index < -0.39 is 0 Å². The summed E-state index contributed by atoms with van der Waals surface area (Å²) in [5.74, 6) is 1.31. The largest absolute Gasteiger partial charge is 0.480 e. The van der Waals surface area contributed by atoms with Crippen LogP contribution in [-0.2, 0) is 4.74 Å². The molecule has 0 spiro atoms. The normalized spacial score (nSPS) is 18.7. The van der Waals surface area contributed by atoms with Gasteiger partial charge in [-0.25, -0.2) is 9.98 Å². The minimum Gasteiger partial charge on any atom is -0.480 e. The molecule has 0 atom stereocenters. The second kappa shape index (κ2) is 9.78. The first kappa shape index (κ1) is 21.8. The predicted molar refractivity (Wildman–Crippen MR) is 123 cm³/mol. The smallest absolute Gasteiger partial charge is 0.319 e. The van der Waals surface area contributed by atoms with Crippen LogP contribution in [0, 0.1) is 0 Å². The monoisotopic (exact) mass is 436 g/mol. The van der Waals surface area contributed by atoms with Crippen molar-refractivity contribution in [2.24, 2.45) is 4.99 Å². The van der Waals surface area contributed by atoms with E-state index in [-0.39, 0.29) is 6.01 Å². The van der Waals surface area contributed by atoms with Crippen LogP contribution in [0.5, 0.6) is 11.9 Å². The summed E-state index contributed by atoms with van der Waals surface area (Å²) in [6.45, 7) is 10.2. The Morgan fingerprint density at radius 1 is 1.16 bits per heavy atom. The Morgan fingerprint density at radius 3 is 2.66 bits per heavy atom. The van der Waals surface area contributed by atoms with Gasteiger partial charge in [0.1, 0.15) is 5.84 Å². The Morgan fingerprint density at radius 2 is 1.97 bits per heavy atom. The van der Waals surface area contributed by atoms with Gasteiger partial charge in [-0.05, 0) is 25.5 Å². The Labute approximate surface area is 188 Å². The zero-order valence-electron chi connectivity index (χ0n) is 18.7. The van der Waals surface area contributed by atoms with Crippen molar-refractivity contribution < 1.29 is 14.2 Å². The van der Waals surface area contributed by atoms with Gasteiger partial charge in [-0.3, -0.25) is 4.98 Å². The van der Waals surface area contributed by atoms with Crippen LogP contribution in [0.4, 0.5) is 5.69 Å². The molecule has 2 aromatic heterocycles. The number of ether oxygens (including phenoxy) is 3. The highest BCUT2D eigenvalue weighted by Crippen LogP contribution is 2.39. The lowest BCUT2D eigenvalue weighted by atomic mass is 10.1. The van der Waals surface area contributed by atoms with Crippen molar-refractivity contribution in [2.75, 3.05) is 52.0 Å². The van der Waals surface area contributed by atoms with Crippen LogP contribution in [0.2, 0.25) is 0 Å². The van der Waals surface area contributed by atoms with Crippen LogP contribution in [-0.4, -0.2) is 72.8 Å². The van der Waals surface area contributed by atoms with Crippen LogP contribution < -0.4 is 14.4 Å².